The van der Waals surface area contributed by atoms with Crippen molar-refractivity contribution in [3.63, 3.8) is 0 Å². The number of halogens is 3. The van der Waals surface area contributed by atoms with Crippen LogP contribution in [-0.4, -0.2) is 28.4 Å². The van der Waals surface area contributed by atoms with Crippen LogP contribution in [0.5, 0.6) is 0 Å². The van der Waals surface area contributed by atoms with E-state index >= 15 is 0 Å². The van der Waals surface area contributed by atoms with Gasteiger partial charge in [0.25, 0.3) is 5.56 Å². The van der Waals surface area contributed by atoms with Crippen LogP contribution in [0, 0.1) is 11.7 Å². The summed E-state index contributed by atoms with van der Waals surface area (Å²) >= 11 is 6.58. The highest BCUT2D eigenvalue weighted by atomic mass is 35.5. The Hall–Kier alpha value is -1.77. The van der Waals surface area contributed by atoms with Crippen molar-refractivity contribution in [3.05, 3.63) is 37.7 Å². The van der Waals surface area contributed by atoms with Crippen LogP contribution in [0.2, 0.25) is 5.02 Å². The first-order chi connectivity index (χ1) is 12.3. The van der Waals surface area contributed by atoms with Crippen LogP contribution in [-0.2, 0) is 0 Å². The van der Waals surface area contributed by atoms with Crippen molar-refractivity contribution in [2.24, 2.45) is 11.7 Å². The molecular formula is C17H22Cl2FN5O2. The molecule has 1 saturated carbocycles. The zero-order valence-corrected chi connectivity index (χ0v) is 16.4. The van der Waals surface area contributed by atoms with E-state index in [1.165, 1.54) is 4.57 Å². The van der Waals surface area contributed by atoms with Crippen LogP contribution >= 0.6 is 24.0 Å². The Bertz CT molecular complexity index is 1010. The van der Waals surface area contributed by atoms with Gasteiger partial charge in [-0.2, -0.15) is 4.68 Å². The highest BCUT2D eigenvalue weighted by molar-refractivity contribution is 6.38. The number of rotatable bonds is 2. The van der Waals surface area contributed by atoms with Crippen LogP contribution < -0.4 is 27.7 Å². The van der Waals surface area contributed by atoms with Gasteiger partial charge in [-0.3, -0.25) is 9.36 Å². The highest BCUT2D eigenvalue weighted by Crippen LogP contribution is 2.41. The lowest BCUT2D eigenvalue weighted by atomic mass is 9.96. The van der Waals surface area contributed by atoms with Crippen LogP contribution in [0.15, 0.2) is 15.7 Å². The van der Waals surface area contributed by atoms with Gasteiger partial charge in [-0.15, -0.1) is 12.4 Å². The Morgan fingerprint density at radius 1 is 1.26 bits per heavy atom. The van der Waals surface area contributed by atoms with Gasteiger partial charge in [0.1, 0.15) is 5.82 Å². The van der Waals surface area contributed by atoms with Crippen LogP contribution in [0.4, 0.5) is 10.1 Å². The van der Waals surface area contributed by atoms with Crippen molar-refractivity contribution < 1.29 is 4.39 Å². The molecule has 2 atom stereocenters. The summed E-state index contributed by atoms with van der Waals surface area (Å²) in [6, 6.07) is 0.970. The van der Waals surface area contributed by atoms with Crippen molar-refractivity contribution in [2.75, 3.05) is 23.8 Å². The summed E-state index contributed by atoms with van der Waals surface area (Å²) in [5, 5.41) is 0.0857. The van der Waals surface area contributed by atoms with Gasteiger partial charge in [0.05, 0.1) is 21.6 Å². The molecule has 4 rings (SSSR count). The van der Waals surface area contributed by atoms with Crippen molar-refractivity contribution >= 4 is 40.6 Å². The zero-order valence-electron chi connectivity index (χ0n) is 14.8. The third-order valence-corrected chi connectivity index (χ3v) is 5.55. The molecule has 1 aromatic heterocycles. The third kappa shape index (κ3) is 3.19. The average molecular weight is 418 g/mol. The van der Waals surface area contributed by atoms with Gasteiger partial charge in [0, 0.05) is 25.2 Å². The van der Waals surface area contributed by atoms with E-state index in [0.29, 0.717) is 17.8 Å². The smallest absolute Gasteiger partial charge is 0.350 e. The molecule has 0 spiro atoms. The van der Waals surface area contributed by atoms with Gasteiger partial charge in [0.15, 0.2) is 0 Å². The van der Waals surface area contributed by atoms with Crippen molar-refractivity contribution in [1.29, 1.82) is 0 Å². The lowest BCUT2D eigenvalue weighted by Crippen LogP contribution is -2.47. The van der Waals surface area contributed by atoms with E-state index in [1.54, 1.807) is 0 Å². The quantitative estimate of drug-likeness (QED) is 0.722. The molecule has 148 valence electrons. The number of nitrogen functional groups attached to an aromatic ring is 1. The van der Waals surface area contributed by atoms with Gasteiger partial charge in [-0.25, -0.2) is 9.18 Å². The SMILES string of the molecule is C[C@H]1C[C@H](N)CN(c2c(F)cc3c(=O)n(N)c(=O)n(C4CC4)c3c2Cl)C1.Cl. The molecule has 0 radical (unpaired) electrons. The second kappa shape index (κ2) is 7.00. The first-order valence-electron chi connectivity index (χ1n) is 8.74. The minimum atomic E-state index is -0.752. The Kier molecular flexibility index (Phi) is 5.18. The summed E-state index contributed by atoms with van der Waals surface area (Å²) in [4.78, 5) is 26.7. The number of nitrogens with zero attached hydrogens (tertiary/aromatic N) is 3. The average Bonchev–Trinajstić information content (AvgIpc) is 3.38. The van der Waals surface area contributed by atoms with Crippen molar-refractivity contribution in [3.8, 4) is 0 Å². The maximum Gasteiger partial charge on any atom is 0.350 e. The fourth-order valence-electron chi connectivity index (χ4n) is 3.97. The molecule has 1 aromatic carbocycles. The first-order valence-corrected chi connectivity index (χ1v) is 9.12. The van der Waals surface area contributed by atoms with E-state index in [2.05, 4.69) is 0 Å². The predicted molar refractivity (Wildman–Crippen MR) is 107 cm³/mol. The van der Waals surface area contributed by atoms with Gasteiger partial charge >= 0.3 is 5.69 Å². The number of benzene rings is 1. The maximum atomic E-state index is 14.9. The molecule has 27 heavy (non-hydrogen) atoms. The lowest BCUT2D eigenvalue weighted by molar-refractivity contribution is 0.398. The molecular weight excluding hydrogens is 396 g/mol. The van der Waals surface area contributed by atoms with Crippen molar-refractivity contribution in [1.82, 2.24) is 9.24 Å². The lowest BCUT2D eigenvalue weighted by Gasteiger charge is -2.37. The summed E-state index contributed by atoms with van der Waals surface area (Å²) < 4.78 is 16.9. The minimum absolute atomic E-state index is 0. The largest absolute Gasteiger partial charge is 0.366 e. The fraction of sp³-hybridized carbons (Fsp3) is 0.529. The minimum Gasteiger partial charge on any atom is -0.366 e. The number of fused-ring (bicyclic) bond motifs is 1. The molecule has 0 amide bonds. The molecule has 0 unspecified atom stereocenters. The molecule has 1 aliphatic heterocycles. The molecule has 4 N–H and O–H groups in total. The number of aromatic nitrogens is 2. The van der Waals surface area contributed by atoms with Gasteiger partial charge in [-0.1, -0.05) is 18.5 Å². The molecule has 1 aliphatic carbocycles. The van der Waals surface area contributed by atoms with Crippen LogP contribution in [0.1, 0.15) is 32.2 Å². The fourth-order valence-corrected chi connectivity index (χ4v) is 4.37. The van der Waals surface area contributed by atoms with Gasteiger partial charge in [0.2, 0.25) is 0 Å². The molecule has 7 nitrogen and oxygen atoms in total. The number of hydrogen-bond donors (Lipinski definition) is 2. The van der Waals surface area contributed by atoms with Gasteiger partial charge < -0.3 is 16.5 Å². The Morgan fingerprint density at radius 3 is 2.52 bits per heavy atom. The van der Waals surface area contributed by atoms with Crippen LogP contribution in [0.25, 0.3) is 10.9 Å². The number of anilines is 1. The summed E-state index contributed by atoms with van der Waals surface area (Å²) in [6.07, 6.45) is 2.44. The molecule has 10 heteroatoms. The monoisotopic (exact) mass is 417 g/mol. The third-order valence-electron chi connectivity index (χ3n) is 5.19. The van der Waals surface area contributed by atoms with Gasteiger partial charge in [-0.05, 0) is 31.2 Å². The summed E-state index contributed by atoms with van der Waals surface area (Å²) in [5.41, 5.74) is 5.16. The highest BCUT2D eigenvalue weighted by Gasteiger charge is 2.32. The Balaban J connectivity index is 0.00000210. The number of hydrogen-bond acceptors (Lipinski definition) is 5. The molecule has 0 bridgehead atoms. The Morgan fingerprint density at radius 2 is 1.93 bits per heavy atom. The summed E-state index contributed by atoms with van der Waals surface area (Å²) in [7, 11) is 0. The standard InChI is InChI=1S/C17H21ClFN5O2.ClH/c1-8-4-9(20)7-22(6-8)15-12(19)5-11-14(13(15)18)23(10-2-3-10)17(26)24(21)16(11)25;/h5,8-10H,2-4,6-7,20-21H2,1H3;1H/t8-,9-;/m0./s1. The normalized spacial score (nSPS) is 22.7. The molecule has 2 aliphatic rings. The first kappa shape index (κ1) is 20.0. The Labute approximate surface area is 166 Å². The molecule has 2 aromatic rings. The second-order valence-corrected chi connectivity index (χ2v) is 7.86. The van der Waals surface area contributed by atoms with Crippen LogP contribution in [0.3, 0.4) is 0 Å². The number of nitrogens with two attached hydrogens (primary N) is 2. The van der Waals surface area contributed by atoms with E-state index in [9.17, 15) is 14.0 Å². The summed E-state index contributed by atoms with van der Waals surface area (Å²) in [5.74, 6) is 5.29. The maximum absolute atomic E-state index is 14.9. The zero-order chi connectivity index (χ0) is 18.7. The van der Waals surface area contributed by atoms with Crippen molar-refractivity contribution in [2.45, 2.75) is 38.3 Å². The topological polar surface area (TPSA) is 99.3 Å². The van der Waals surface area contributed by atoms with E-state index in [4.69, 9.17) is 23.2 Å². The second-order valence-electron chi connectivity index (χ2n) is 7.48. The predicted octanol–water partition coefficient (Wildman–Crippen LogP) is 1.60. The molecule has 2 fully saturated rings. The number of piperidine rings is 1. The van der Waals surface area contributed by atoms with E-state index in [-0.39, 0.29) is 52.0 Å². The van der Waals surface area contributed by atoms with E-state index in [0.717, 1.165) is 25.3 Å². The molecule has 1 saturated heterocycles. The van der Waals surface area contributed by atoms with E-state index in [1.807, 2.05) is 11.8 Å². The van der Waals surface area contributed by atoms with E-state index < -0.39 is 17.1 Å². The summed E-state index contributed by atoms with van der Waals surface area (Å²) in [6.45, 7) is 3.12. The molecule has 2 heterocycles.